The molecule has 2 aliphatic rings. The van der Waals surface area contributed by atoms with Gasteiger partial charge >= 0.3 is 0 Å². The number of piperidine rings is 1. The Morgan fingerprint density at radius 3 is 2.65 bits per heavy atom. The molecular formula is C18H25BrN2O2. The minimum Gasteiger partial charge on any atom is -0.492 e. The monoisotopic (exact) mass is 380 g/mol. The number of nitrogens with one attached hydrogen (secondary N) is 1. The van der Waals surface area contributed by atoms with Gasteiger partial charge in [0.2, 0.25) is 5.91 Å². The second-order valence-corrected chi connectivity index (χ2v) is 7.39. The van der Waals surface area contributed by atoms with Crippen LogP contribution in [-0.4, -0.2) is 43.1 Å². The molecule has 0 unspecified atom stereocenters. The van der Waals surface area contributed by atoms with Crippen LogP contribution in [0, 0.1) is 5.92 Å². The fourth-order valence-electron chi connectivity index (χ4n) is 2.96. The van der Waals surface area contributed by atoms with Gasteiger partial charge in [0, 0.05) is 19.1 Å². The van der Waals surface area contributed by atoms with Crippen molar-refractivity contribution >= 4 is 21.8 Å². The van der Waals surface area contributed by atoms with Crippen LogP contribution in [0.2, 0.25) is 0 Å². The largest absolute Gasteiger partial charge is 0.492 e. The summed E-state index contributed by atoms with van der Waals surface area (Å²) in [5, 5.41) is 3.65. The molecule has 1 amide bonds. The maximum absolute atomic E-state index is 12.3. The van der Waals surface area contributed by atoms with Gasteiger partial charge in [-0.05, 0) is 66.2 Å². The van der Waals surface area contributed by atoms with Crippen molar-refractivity contribution in [3.63, 3.8) is 0 Å². The first-order chi connectivity index (χ1) is 11.2. The number of carbonyl (C=O) groups is 1. The predicted molar refractivity (Wildman–Crippen MR) is 94.6 cm³/mol. The van der Waals surface area contributed by atoms with Crippen LogP contribution in [0.15, 0.2) is 28.7 Å². The number of rotatable bonds is 7. The summed E-state index contributed by atoms with van der Waals surface area (Å²) >= 11 is 3.45. The lowest BCUT2D eigenvalue weighted by Crippen LogP contribution is -2.45. The van der Waals surface area contributed by atoms with Gasteiger partial charge < -0.3 is 15.0 Å². The van der Waals surface area contributed by atoms with Gasteiger partial charge in [-0.1, -0.05) is 12.1 Å². The Labute approximate surface area is 146 Å². The van der Waals surface area contributed by atoms with E-state index >= 15 is 0 Å². The number of likely N-dealkylation sites (tertiary alicyclic amines) is 1. The molecule has 1 aromatic carbocycles. The summed E-state index contributed by atoms with van der Waals surface area (Å²) in [5.74, 6) is 1.92. The van der Waals surface area contributed by atoms with Crippen LogP contribution >= 0.6 is 15.9 Å². The van der Waals surface area contributed by atoms with E-state index in [-0.39, 0.29) is 5.91 Å². The highest BCUT2D eigenvalue weighted by molar-refractivity contribution is 9.10. The molecule has 0 spiro atoms. The van der Waals surface area contributed by atoms with E-state index in [1.54, 1.807) is 0 Å². The van der Waals surface area contributed by atoms with Crippen LogP contribution < -0.4 is 10.1 Å². The number of para-hydroxylation sites is 1. The highest BCUT2D eigenvalue weighted by Crippen LogP contribution is 2.28. The Kier molecular flexibility index (Phi) is 5.95. The fourth-order valence-corrected chi connectivity index (χ4v) is 3.36. The number of halogens is 1. The lowest BCUT2D eigenvalue weighted by molar-refractivity contribution is -0.132. The molecule has 5 heteroatoms. The molecule has 0 atom stereocenters. The van der Waals surface area contributed by atoms with Gasteiger partial charge in [-0.15, -0.1) is 0 Å². The summed E-state index contributed by atoms with van der Waals surface area (Å²) in [6, 6.07) is 8.32. The van der Waals surface area contributed by atoms with E-state index in [0.717, 1.165) is 42.1 Å². The highest BCUT2D eigenvalue weighted by Gasteiger charge is 2.25. The van der Waals surface area contributed by atoms with E-state index in [1.165, 1.54) is 19.4 Å². The van der Waals surface area contributed by atoms with Gasteiger partial charge in [0.1, 0.15) is 5.75 Å². The SMILES string of the molecule is O=C(CCOc1ccccc1Br)N1CCC(NCC2CC2)CC1. The van der Waals surface area contributed by atoms with Crippen LogP contribution in [0.4, 0.5) is 0 Å². The molecule has 0 aromatic heterocycles. The van der Waals surface area contributed by atoms with Crippen LogP contribution in [0.3, 0.4) is 0 Å². The van der Waals surface area contributed by atoms with Crippen LogP contribution in [0.25, 0.3) is 0 Å². The number of carbonyl (C=O) groups excluding carboxylic acids is 1. The number of hydrogen-bond acceptors (Lipinski definition) is 3. The third kappa shape index (κ3) is 5.21. The van der Waals surface area contributed by atoms with Gasteiger partial charge in [0.25, 0.3) is 0 Å². The van der Waals surface area contributed by atoms with Gasteiger partial charge in [-0.2, -0.15) is 0 Å². The Morgan fingerprint density at radius 1 is 1.22 bits per heavy atom. The maximum atomic E-state index is 12.3. The Balaban J connectivity index is 1.33. The molecule has 1 heterocycles. The second kappa shape index (κ2) is 8.15. The average molecular weight is 381 g/mol. The van der Waals surface area contributed by atoms with E-state index in [2.05, 4.69) is 21.2 Å². The van der Waals surface area contributed by atoms with Crippen molar-refractivity contribution in [1.29, 1.82) is 0 Å². The second-order valence-electron chi connectivity index (χ2n) is 6.54. The first kappa shape index (κ1) is 16.8. The van der Waals surface area contributed by atoms with E-state index in [4.69, 9.17) is 4.74 Å². The van der Waals surface area contributed by atoms with Crippen LogP contribution in [0.1, 0.15) is 32.1 Å². The summed E-state index contributed by atoms with van der Waals surface area (Å²) in [6.07, 6.45) is 5.37. The summed E-state index contributed by atoms with van der Waals surface area (Å²) in [5.41, 5.74) is 0. The Bertz CT molecular complexity index is 526. The quantitative estimate of drug-likeness (QED) is 0.789. The van der Waals surface area contributed by atoms with E-state index in [0.29, 0.717) is 19.1 Å². The normalized spacial score (nSPS) is 18.9. The number of hydrogen-bond donors (Lipinski definition) is 1. The molecule has 1 aliphatic carbocycles. The Morgan fingerprint density at radius 2 is 1.96 bits per heavy atom. The summed E-state index contributed by atoms with van der Waals surface area (Å²) in [6.45, 7) is 3.34. The number of benzene rings is 1. The zero-order valence-corrected chi connectivity index (χ0v) is 15.1. The highest BCUT2D eigenvalue weighted by atomic mass is 79.9. The molecule has 4 nitrogen and oxygen atoms in total. The van der Waals surface area contributed by atoms with Gasteiger partial charge in [0.05, 0.1) is 17.5 Å². The van der Waals surface area contributed by atoms with Crippen LogP contribution in [-0.2, 0) is 4.79 Å². The third-order valence-electron chi connectivity index (χ3n) is 4.65. The number of nitrogens with zero attached hydrogens (tertiary/aromatic N) is 1. The molecule has 1 saturated heterocycles. The molecule has 2 fully saturated rings. The van der Waals surface area contributed by atoms with Crippen molar-refractivity contribution in [2.75, 3.05) is 26.2 Å². The summed E-state index contributed by atoms with van der Waals surface area (Å²) in [7, 11) is 0. The van der Waals surface area contributed by atoms with Crippen molar-refractivity contribution in [2.45, 2.75) is 38.1 Å². The lowest BCUT2D eigenvalue weighted by atomic mass is 10.0. The molecule has 3 rings (SSSR count). The minimum atomic E-state index is 0.206. The van der Waals surface area contributed by atoms with Crippen molar-refractivity contribution < 1.29 is 9.53 Å². The first-order valence-corrected chi connectivity index (χ1v) is 9.40. The van der Waals surface area contributed by atoms with Gasteiger partial charge in [0.15, 0.2) is 0 Å². The number of ether oxygens (including phenoxy) is 1. The Hall–Kier alpha value is -1.07. The summed E-state index contributed by atoms with van der Waals surface area (Å²) < 4.78 is 6.61. The minimum absolute atomic E-state index is 0.206. The molecule has 1 N–H and O–H groups in total. The molecule has 1 aliphatic heterocycles. The molecule has 0 radical (unpaired) electrons. The third-order valence-corrected chi connectivity index (χ3v) is 5.31. The van der Waals surface area contributed by atoms with Crippen molar-refractivity contribution in [3.05, 3.63) is 28.7 Å². The van der Waals surface area contributed by atoms with Gasteiger partial charge in [-0.25, -0.2) is 0 Å². The number of amides is 1. The standard InChI is InChI=1S/C18H25BrN2O2/c19-16-3-1-2-4-17(16)23-12-9-18(22)21-10-7-15(8-11-21)20-13-14-5-6-14/h1-4,14-15,20H,5-13H2. The zero-order valence-electron chi connectivity index (χ0n) is 13.5. The maximum Gasteiger partial charge on any atom is 0.225 e. The van der Waals surface area contributed by atoms with Crippen molar-refractivity contribution in [2.24, 2.45) is 5.92 Å². The van der Waals surface area contributed by atoms with Crippen molar-refractivity contribution in [1.82, 2.24) is 10.2 Å². The molecular weight excluding hydrogens is 356 g/mol. The fraction of sp³-hybridized carbons (Fsp3) is 0.611. The molecule has 1 aromatic rings. The van der Waals surface area contributed by atoms with E-state index < -0.39 is 0 Å². The first-order valence-electron chi connectivity index (χ1n) is 8.61. The molecule has 126 valence electrons. The van der Waals surface area contributed by atoms with E-state index in [9.17, 15) is 4.79 Å². The average Bonchev–Trinajstić information content (AvgIpc) is 3.39. The topological polar surface area (TPSA) is 41.6 Å². The zero-order chi connectivity index (χ0) is 16.1. The smallest absolute Gasteiger partial charge is 0.225 e. The van der Waals surface area contributed by atoms with E-state index in [1.807, 2.05) is 29.2 Å². The predicted octanol–water partition coefficient (Wildman–Crippen LogP) is 3.21. The van der Waals surface area contributed by atoms with Crippen molar-refractivity contribution in [3.8, 4) is 5.75 Å². The molecule has 0 bridgehead atoms. The summed E-state index contributed by atoms with van der Waals surface area (Å²) in [4.78, 5) is 14.3. The molecule has 1 saturated carbocycles. The van der Waals surface area contributed by atoms with Gasteiger partial charge in [-0.3, -0.25) is 4.79 Å². The lowest BCUT2D eigenvalue weighted by Gasteiger charge is -2.32. The van der Waals surface area contributed by atoms with Crippen LogP contribution in [0.5, 0.6) is 5.75 Å². The molecule has 23 heavy (non-hydrogen) atoms.